The van der Waals surface area contributed by atoms with Gasteiger partial charge in [0, 0.05) is 11.6 Å². The number of nitrogens with zero attached hydrogens (tertiary/aromatic N) is 1. The first-order chi connectivity index (χ1) is 5.90. The highest BCUT2D eigenvalue weighted by atomic mass is 16.6. The zero-order valence-corrected chi connectivity index (χ0v) is 6.45. The molecule has 0 amide bonds. The van der Waals surface area contributed by atoms with E-state index >= 15 is 0 Å². The summed E-state index contributed by atoms with van der Waals surface area (Å²) in [6.45, 7) is 0.342. The minimum absolute atomic E-state index is 0.342. The molecule has 3 N–H and O–H groups in total. The molecule has 0 saturated heterocycles. The third-order valence-corrected chi connectivity index (χ3v) is 1.70. The zero-order chi connectivity index (χ0) is 8.39. The molecular formula is C8H9N3O. The second kappa shape index (κ2) is 2.92. The summed E-state index contributed by atoms with van der Waals surface area (Å²) in [6.07, 6.45) is 1.85. The number of hydrogen-bond donors (Lipinski definition) is 2. The molecule has 0 aromatic carbocycles. The molecule has 62 valence electrons. The molecule has 0 bridgehead atoms. The van der Waals surface area contributed by atoms with Crippen LogP contribution in [0.15, 0.2) is 24.4 Å². The van der Waals surface area contributed by atoms with Crippen LogP contribution in [0.3, 0.4) is 0 Å². The van der Waals surface area contributed by atoms with Gasteiger partial charge in [-0.15, -0.1) is 0 Å². The topological polar surface area (TPSA) is 63.9 Å². The summed E-state index contributed by atoms with van der Waals surface area (Å²) in [5.74, 6) is 4.93. The van der Waals surface area contributed by atoms with Crippen molar-refractivity contribution in [3.8, 4) is 0 Å². The van der Waals surface area contributed by atoms with Crippen molar-refractivity contribution in [2.45, 2.75) is 6.61 Å². The third kappa shape index (κ3) is 1.17. The van der Waals surface area contributed by atoms with E-state index < -0.39 is 0 Å². The largest absolute Gasteiger partial charge is 0.346 e. The molecule has 0 aliphatic rings. The molecule has 0 spiro atoms. The van der Waals surface area contributed by atoms with Gasteiger partial charge in [-0.2, -0.15) is 0 Å². The average Bonchev–Trinajstić information content (AvgIpc) is 2.51. The molecule has 2 rings (SSSR count). The van der Waals surface area contributed by atoms with Crippen LogP contribution < -0.4 is 5.90 Å². The quantitative estimate of drug-likeness (QED) is 0.648. The van der Waals surface area contributed by atoms with Crippen molar-refractivity contribution in [2.75, 3.05) is 0 Å². The van der Waals surface area contributed by atoms with Crippen LogP contribution in [0.4, 0.5) is 0 Å². The molecule has 2 aromatic heterocycles. The number of hydrogen-bond acceptors (Lipinski definition) is 3. The predicted octanol–water partition coefficient (Wildman–Crippen LogP) is 0.953. The number of nitrogens with one attached hydrogen (secondary N) is 1. The van der Waals surface area contributed by atoms with Crippen molar-refractivity contribution < 1.29 is 4.84 Å². The van der Waals surface area contributed by atoms with Gasteiger partial charge in [-0.1, -0.05) is 0 Å². The Balaban J connectivity index is 2.46. The molecule has 0 aliphatic heterocycles. The molecule has 0 fully saturated rings. The number of H-pyrrole nitrogens is 1. The summed E-state index contributed by atoms with van der Waals surface area (Å²) in [6, 6.07) is 5.84. The predicted molar refractivity (Wildman–Crippen MR) is 45.1 cm³/mol. The summed E-state index contributed by atoms with van der Waals surface area (Å²) < 4.78 is 0. The normalized spacial score (nSPS) is 10.8. The number of rotatable bonds is 2. The van der Waals surface area contributed by atoms with Gasteiger partial charge in [0.2, 0.25) is 0 Å². The second-order valence-corrected chi connectivity index (χ2v) is 2.53. The first kappa shape index (κ1) is 7.27. The van der Waals surface area contributed by atoms with E-state index in [0.29, 0.717) is 6.61 Å². The van der Waals surface area contributed by atoms with E-state index in [1.807, 2.05) is 24.4 Å². The molecule has 2 heterocycles. The fourth-order valence-electron chi connectivity index (χ4n) is 1.14. The first-order valence-electron chi connectivity index (χ1n) is 3.65. The van der Waals surface area contributed by atoms with Crippen molar-refractivity contribution >= 4 is 11.0 Å². The highest BCUT2D eigenvalue weighted by Gasteiger charge is 1.97. The Morgan fingerprint density at radius 1 is 1.42 bits per heavy atom. The number of pyridine rings is 1. The minimum atomic E-state index is 0.342. The van der Waals surface area contributed by atoms with Crippen LogP contribution in [0, 0.1) is 0 Å². The van der Waals surface area contributed by atoms with Gasteiger partial charge in [0.05, 0.1) is 5.69 Å². The Labute approximate surface area is 69.3 Å². The smallest absolute Gasteiger partial charge is 0.137 e. The Kier molecular flexibility index (Phi) is 1.77. The van der Waals surface area contributed by atoms with E-state index in [2.05, 4.69) is 14.8 Å². The summed E-state index contributed by atoms with van der Waals surface area (Å²) in [5.41, 5.74) is 1.69. The van der Waals surface area contributed by atoms with Gasteiger partial charge in [0.1, 0.15) is 12.3 Å². The highest BCUT2D eigenvalue weighted by molar-refractivity contribution is 5.75. The van der Waals surface area contributed by atoms with Crippen LogP contribution in [0.1, 0.15) is 5.69 Å². The average molecular weight is 163 g/mol. The van der Waals surface area contributed by atoms with Crippen LogP contribution in [-0.2, 0) is 11.4 Å². The lowest BCUT2D eigenvalue weighted by molar-refractivity contribution is 0.121. The van der Waals surface area contributed by atoms with Crippen LogP contribution in [-0.4, -0.2) is 9.97 Å². The van der Waals surface area contributed by atoms with Gasteiger partial charge in [0.15, 0.2) is 0 Å². The molecule has 0 unspecified atom stereocenters. The van der Waals surface area contributed by atoms with Gasteiger partial charge in [-0.05, 0) is 18.2 Å². The molecule has 12 heavy (non-hydrogen) atoms. The number of aromatic nitrogens is 2. The Bertz CT molecular complexity index is 382. The van der Waals surface area contributed by atoms with Crippen LogP contribution in [0.5, 0.6) is 0 Å². The van der Waals surface area contributed by atoms with Crippen molar-refractivity contribution in [3.63, 3.8) is 0 Å². The van der Waals surface area contributed by atoms with Crippen LogP contribution >= 0.6 is 0 Å². The van der Waals surface area contributed by atoms with E-state index in [4.69, 9.17) is 5.90 Å². The molecule has 0 aliphatic carbocycles. The molecular weight excluding hydrogens is 154 g/mol. The monoisotopic (exact) mass is 163 g/mol. The lowest BCUT2D eigenvalue weighted by Gasteiger charge is -1.96. The van der Waals surface area contributed by atoms with Gasteiger partial charge < -0.3 is 4.98 Å². The van der Waals surface area contributed by atoms with Gasteiger partial charge in [-0.3, -0.25) is 4.84 Å². The van der Waals surface area contributed by atoms with E-state index in [1.165, 1.54) is 0 Å². The Morgan fingerprint density at radius 3 is 3.17 bits per heavy atom. The Hall–Kier alpha value is -1.39. The first-order valence-corrected chi connectivity index (χ1v) is 3.65. The molecule has 0 atom stereocenters. The van der Waals surface area contributed by atoms with Gasteiger partial charge in [-0.25, -0.2) is 10.9 Å². The summed E-state index contributed by atoms with van der Waals surface area (Å²) in [4.78, 5) is 11.8. The van der Waals surface area contributed by atoms with Crippen molar-refractivity contribution in [2.24, 2.45) is 5.90 Å². The van der Waals surface area contributed by atoms with E-state index in [0.717, 1.165) is 16.7 Å². The SMILES string of the molecule is NOCc1ccc2cc[nH]c2n1. The molecule has 2 aromatic rings. The molecule has 0 saturated carbocycles. The lowest BCUT2D eigenvalue weighted by atomic mass is 10.3. The van der Waals surface area contributed by atoms with Crippen LogP contribution in [0.25, 0.3) is 11.0 Å². The lowest BCUT2D eigenvalue weighted by Crippen LogP contribution is -2.00. The van der Waals surface area contributed by atoms with Crippen molar-refractivity contribution in [1.82, 2.24) is 9.97 Å². The maximum atomic E-state index is 4.93. The highest BCUT2D eigenvalue weighted by Crippen LogP contribution is 2.09. The van der Waals surface area contributed by atoms with Crippen molar-refractivity contribution in [3.05, 3.63) is 30.1 Å². The molecule has 0 radical (unpaired) electrons. The summed E-state index contributed by atoms with van der Waals surface area (Å²) >= 11 is 0. The van der Waals surface area contributed by atoms with E-state index in [-0.39, 0.29) is 0 Å². The van der Waals surface area contributed by atoms with Gasteiger partial charge >= 0.3 is 0 Å². The Morgan fingerprint density at radius 2 is 2.33 bits per heavy atom. The number of nitrogens with two attached hydrogens (primary N) is 1. The molecule has 4 heteroatoms. The van der Waals surface area contributed by atoms with Crippen LogP contribution in [0.2, 0.25) is 0 Å². The van der Waals surface area contributed by atoms with Gasteiger partial charge in [0.25, 0.3) is 0 Å². The molecule has 4 nitrogen and oxygen atoms in total. The summed E-state index contributed by atoms with van der Waals surface area (Å²) in [5, 5.41) is 1.09. The fourth-order valence-corrected chi connectivity index (χ4v) is 1.14. The zero-order valence-electron chi connectivity index (χ0n) is 6.45. The number of aromatic amines is 1. The van der Waals surface area contributed by atoms with Crippen molar-refractivity contribution in [1.29, 1.82) is 0 Å². The minimum Gasteiger partial charge on any atom is -0.346 e. The van der Waals surface area contributed by atoms with E-state index in [1.54, 1.807) is 0 Å². The fraction of sp³-hybridized carbons (Fsp3) is 0.125. The maximum absolute atomic E-state index is 4.93. The third-order valence-electron chi connectivity index (χ3n) is 1.70. The van der Waals surface area contributed by atoms with E-state index in [9.17, 15) is 0 Å². The number of fused-ring (bicyclic) bond motifs is 1. The second-order valence-electron chi connectivity index (χ2n) is 2.53. The summed E-state index contributed by atoms with van der Waals surface area (Å²) in [7, 11) is 0. The standard InChI is InChI=1S/C8H9N3O/c9-12-5-7-2-1-6-3-4-10-8(6)11-7/h1-4H,5,9H2,(H,10,11). The maximum Gasteiger partial charge on any atom is 0.137 e.